The largest absolute Gasteiger partial charge is 0.456 e. The summed E-state index contributed by atoms with van der Waals surface area (Å²) in [5.74, 6) is -1.01. The third-order valence-corrected chi connectivity index (χ3v) is 3.70. The molecule has 134 valence electrons. The smallest absolute Gasteiger partial charge is 0.308 e. The predicted octanol–water partition coefficient (Wildman–Crippen LogP) is 0.702. The summed E-state index contributed by atoms with van der Waals surface area (Å²) < 4.78 is 7.74. The van der Waals surface area contributed by atoms with Gasteiger partial charge in [0.1, 0.15) is 5.39 Å². The molecule has 0 radical (unpaired) electrons. The number of fused-ring (bicyclic) bond motifs is 1. The molecule has 1 aromatic carbocycles. The number of aromatic nitrogens is 4. The number of amides is 1. The van der Waals surface area contributed by atoms with Crippen LogP contribution in [0, 0.1) is 0 Å². The maximum Gasteiger partial charge on any atom is 0.308 e. The average molecular weight is 355 g/mol. The van der Waals surface area contributed by atoms with Gasteiger partial charge in [0, 0.05) is 19.3 Å². The van der Waals surface area contributed by atoms with Crippen LogP contribution in [0.1, 0.15) is 6.42 Å². The predicted molar refractivity (Wildman–Crippen MR) is 93.4 cm³/mol. The first-order valence-corrected chi connectivity index (χ1v) is 7.92. The minimum atomic E-state index is -0.577. The maximum absolute atomic E-state index is 12.3. The van der Waals surface area contributed by atoms with E-state index in [0.717, 1.165) is 0 Å². The molecule has 0 saturated heterocycles. The van der Waals surface area contributed by atoms with Crippen molar-refractivity contribution in [3.05, 3.63) is 53.2 Å². The van der Waals surface area contributed by atoms with Crippen molar-refractivity contribution in [3.63, 3.8) is 0 Å². The van der Waals surface area contributed by atoms with E-state index in [4.69, 9.17) is 4.74 Å². The van der Waals surface area contributed by atoms with E-state index in [1.807, 2.05) is 6.07 Å². The normalized spacial score (nSPS) is 10.7. The summed E-state index contributed by atoms with van der Waals surface area (Å²) in [6, 6.07) is 8.86. The molecule has 1 amide bonds. The highest BCUT2D eigenvalue weighted by Crippen LogP contribution is 2.05. The van der Waals surface area contributed by atoms with Gasteiger partial charge in [-0.2, -0.15) is 5.10 Å². The zero-order valence-corrected chi connectivity index (χ0v) is 14.1. The van der Waals surface area contributed by atoms with Crippen molar-refractivity contribution in [3.8, 4) is 0 Å². The molecule has 0 unspecified atom stereocenters. The molecule has 0 aliphatic rings. The monoisotopic (exact) mass is 355 g/mol. The van der Waals surface area contributed by atoms with E-state index in [-0.39, 0.29) is 25.1 Å². The first kappa shape index (κ1) is 17.3. The highest BCUT2D eigenvalue weighted by Gasteiger charge is 2.11. The van der Waals surface area contributed by atoms with E-state index in [0.29, 0.717) is 16.7 Å². The Labute approximate surface area is 148 Å². The fourth-order valence-electron chi connectivity index (χ4n) is 2.37. The number of benzene rings is 1. The molecule has 0 aliphatic heterocycles. The molecular weight excluding hydrogens is 338 g/mol. The number of anilines is 1. The number of nitrogens with one attached hydrogen (secondary N) is 1. The van der Waals surface area contributed by atoms with Crippen LogP contribution in [0.3, 0.4) is 0 Å². The van der Waals surface area contributed by atoms with Crippen molar-refractivity contribution in [2.75, 3.05) is 11.9 Å². The number of hydrogen-bond acceptors (Lipinski definition) is 6. The number of hydrogen-bond donors (Lipinski definition) is 1. The van der Waals surface area contributed by atoms with Gasteiger partial charge in [0.2, 0.25) is 0 Å². The summed E-state index contributed by atoms with van der Waals surface area (Å²) in [6.07, 6.45) is 2.75. The molecule has 0 fully saturated rings. The number of para-hydroxylation sites is 1. The quantitative estimate of drug-likeness (QED) is 0.652. The fourth-order valence-corrected chi connectivity index (χ4v) is 2.37. The number of esters is 1. The van der Waals surface area contributed by atoms with Gasteiger partial charge in [0.25, 0.3) is 11.5 Å². The number of ether oxygens (including phenoxy) is 1. The first-order valence-electron chi connectivity index (χ1n) is 7.92. The lowest BCUT2D eigenvalue weighted by atomic mass is 10.3. The van der Waals surface area contributed by atoms with E-state index >= 15 is 0 Å². The standard InChI is InChI=1S/C17H17N5O4/c1-21-16-13(9-19-21)17(25)22(11-18-16)8-7-15(24)26-10-14(23)20-12-5-3-2-4-6-12/h2-6,9,11H,7-8,10H2,1H3,(H,20,23). The van der Waals surface area contributed by atoms with Gasteiger partial charge in [-0.05, 0) is 12.1 Å². The number of aryl methyl sites for hydroxylation is 2. The Morgan fingerprint density at radius 2 is 2.00 bits per heavy atom. The van der Waals surface area contributed by atoms with Crippen molar-refractivity contribution in [2.24, 2.45) is 7.05 Å². The minimum Gasteiger partial charge on any atom is -0.456 e. The fraction of sp³-hybridized carbons (Fsp3) is 0.235. The third kappa shape index (κ3) is 3.94. The molecule has 26 heavy (non-hydrogen) atoms. The minimum absolute atomic E-state index is 0.0496. The van der Waals surface area contributed by atoms with Crippen molar-refractivity contribution in [1.29, 1.82) is 0 Å². The highest BCUT2D eigenvalue weighted by molar-refractivity contribution is 5.92. The van der Waals surface area contributed by atoms with Crippen LogP contribution in [0.25, 0.3) is 11.0 Å². The molecule has 9 nitrogen and oxygen atoms in total. The number of carbonyl (C=O) groups is 2. The number of carbonyl (C=O) groups excluding carboxylic acids is 2. The van der Waals surface area contributed by atoms with Gasteiger partial charge < -0.3 is 10.1 Å². The van der Waals surface area contributed by atoms with Crippen molar-refractivity contribution >= 4 is 28.6 Å². The molecule has 0 aliphatic carbocycles. The molecule has 0 spiro atoms. The number of nitrogens with zero attached hydrogens (tertiary/aromatic N) is 4. The highest BCUT2D eigenvalue weighted by atomic mass is 16.5. The molecule has 0 bridgehead atoms. The van der Waals surface area contributed by atoms with E-state index < -0.39 is 11.9 Å². The zero-order valence-electron chi connectivity index (χ0n) is 14.1. The molecule has 0 saturated carbocycles. The summed E-state index contributed by atoms with van der Waals surface area (Å²) in [5, 5.41) is 6.97. The summed E-state index contributed by atoms with van der Waals surface area (Å²) in [7, 11) is 1.69. The molecular formula is C17H17N5O4. The summed E-state index contributed by atoms with van der Waals surface area (Å²) in [4.78, 5) is 40.0. The summed E-state index contributed by atoms with van der Waals surface area (Å²) >= 11 is 0. The molecule has 2 heterocycles. The second-order valence-corrected chi connectivity index (χ2v) is 5.57. The van der Waals surface area contributed by atoms with Gasteiger partial charge in [0.15, 0.2) is 12.3 Å². The first-order chi connectivity index (χ1) is 12.5. The van der Waals surface area contributed by atoms with Crippen LogP contribution in [0.4, 0.5) is 5.69 Å². The molecule has 3 rings (SSSR count). The van der Waals surface area contributed by atoms with Gasteiger partial charge in [-0.25, -0.2) is 4.98 Å². The van der Waals surface area contributed by atoms with Crippen molar-refractivity contribution in [2.45, 2.75) is 13.0 Å². The van der Waals surface area contributed by atoms with Crippen LogP contribution in [0.5, 0.6) is 0 Å². The average Bonchev–Trinajstić information content (AvgIpc) is 3.02. The van der Waals surface area contributed by atoms with Crippen molar-refractivity contribution in [1.82, 2.24) is 19.3 Å². The van der Waals surface area contributed by atoms with Crippen molar-refractivity contribution < 1.29 is 14.3 Å². The van der Waals surface area contributed by atoms with Gasteiger partial charge in [-0.3, -0.25) is 23.6 Å². The van der Waals surface area contributed by atoms with Crippen LogP contribution in [-0.2, 0) is 27.9 Å². The molecule has 1 N–H and O–H groups in total. The second kappa shape index (κ2) is 7.60. The van der Waals surface area contributed by atoms with E-state index in [9.17, 15) is 14.4 Å². The molecule has 0 atom stereocenters. The Morgan fingerprint density at radius 1 is 1.23 bits per heavy atom. The van der Waals surface area contributed by atoms with Gasteiger partial charge in [-0.15, -0.1) is 0 Å². The topological polar surface area (TPSA) is 108 Å². The maximum atomic E-state index is 12.3. The van der Waals surface area contributed by atoms with Crippen LogP contribution in [0.15, 0.2) is 47.7 Å². The Bertz CT molecular complexity index is 993. The van der Waals surface area contributed by atoms with Crippen LogP contribution >= 0.6 is 0 Å². The molecule has 2 aromatic heterocycles. The Balaban J connectivity index is 1.50. The lowest BCUT2D eigenvalue weighted by Gasteiger charge is -2.07. The zero-order chi connectivity index (χ0) is 18.5. The lowest BCUT2D eigenvalue weighted by Crippen LogP contribution is -2.24. The third-order valence-electron chi connectivity index (χ3n) is 3.70. The second-order valence-electron chi connectivity index (χ2n) is 5.57. The Kier molecular flexibility index (Phi) is 5.07. The summed E-state index contributed by atoms with van der Waals surface area (Å²) in [6.45, 7) is -0.279. The molecule has 3 aromatic rings. The van der Waals surface area contributed by atoms with Gasteiger partial charge >= 0.3 is 5.97 Å². The van der Waals surface area contributed by atoms with Gasteiger partial charge in [0.05, 0.1) is 18.9 Å². The Morgan fingerprint density at radius 3 is 2.77 bits per heavy atom. The lowest BCUT2D eigenvalue weighted by molar-refractivity contribution is -0.147. The van der Waals surface area contributed by atoms with Gasteiger partial charge in [-0.1, -0.05) is 18.2 Å². The SMILES string of the molecule is Cn1ncc2c(=O)n(CCC(=O)OCC(=O)Nc3ccccc3)cnc21. The Hall–Kier alpha value is -3.49. The van der Waals surface area contributed by atoms with E-state index in [1.165, 1.54) is 21.8 Å². The van der Waals surface area contributed by atoms with Crippen LogP contribution in [-0.4, -0.2) is 37.8 Å². The van der Waals surface area contributed by atoms with Crippen LogP contribution in [0.2, 0.25) is 0 Å². The van der Waals surface area contributed by atoms with E-state index in [2.05, 4.69) is 15.4 Å². The summed E-state index contributed by atoms with van der Waals surface area (Å²) in [5.41, 5.74) is 0.820. The van der Waals surface area contributed by atoms with E-state index in [1.54, 1.807) is 31.3 Å². The van der Waals surface area contributed by atoms with Crippen LogP contribution < -0.4 is 10.9 Å². The molecule has 9 heteroatoms. The number of rotatable bonds is 6.